The van der Waals surface area contributed by atoms with E-state index in [2.05, 4.69) is 17.4 Å². The van der Waals surface area contributed by atoms with E-state index >= 15 is 0 Å². The molecule has 2 unspecified atom stereocenters. The van der Waals surface area contributed by atoms with Gasteiger partial charge in [-0.3, -0.25) is 0 Å². The minimum atomic E-state index is -0.194. The molecule has 0 bridgehead atoms. The maximum atomic E-state index is 13.7. The molecule has 0 radical (unpaired) electrons. The summed E-state index contributed by atoms with van der Waals surface area (Å²) in [5, 5.41) is 3.45. The number of halogens is 1. The number of ether oxygens (including phenoxy) is 1. The summed E-state index contributed by atoms with van der Waals surface area (Å²) < 4.78 is 19.5. The summed E-state index contributed by atoms with van der Waals surface area (Å²) in [6.07, 6.45) is 0.744. The Bertz CT molecular complexity index is 550. The molecule has 1 aliphatic rings. The number of morpholine rings is 1. The standard InChI is InChI=1S/C17H18FNO/c18-16-9-5-4-8-15(16)17-11-19-14(12-20-17)10-13-6-2-1-3-7-13/h1-9,14,17,19H,10-12H2. The van der Waals surface area contributed by atoms with E-state index in [0.29, 0.717) is 24.8 Å². The first kappa shape index (κ1) is 13.3. The van der Waals surface area contributed by atoms with Crippen molar-refractivity contribution in [2.45, 2.75) is 18.6 Å². The van der Waals surface area contributed by atoms with Crippen LogP contribution in [-0.2, 0) is 11.2 Å². The van der Waals surface area contributed by atoms with Gasteiger partial charge in [-0.15, -0.1) is 0 Å². The van der Waals surface area contributed by atoms with Crippen LogP contribution in [-0.4, -0.2) is 19.2 Å². The number of hydrogen-bond donors (Lipinski definition) is 1. The van der Waals surface area contributed by atoms with Crippen LogP contribution in [0.15, 0.2) is 54.6 Å². The number of hydrogen-bond acceptors (Lipinski definition) is 2. The van der Waals surface area contributed by atoms with Crippen molar-refractivity contribution in [2.75, 3.05) is 13.2 Å². The van der Waals surface area contributed by atoms with Crippen molar-refractivity contribution in [1.82, 2.24) is 5.32 Å². The molecule has 20 heavy (non-hydrogen) atoms. The van der Waals surface area contributed by atoms with E-state index in [1.165, 1.54) is 11.6 Å². The summed E-state index contributed by atoms with van der Waals surface area (Å²) in [4.78, 5) is 0. The molecule has 0 aliphatic carbocycles. The zero-order valence-corrected chi connectivity index (χ0v) is 11.3. The van der Waals surface area contributed by atoms with Gasteiger partial charge in [-0.05, 0) is 18.1 Å². The first-order chi connectivity index (χ1) is 9.83. The quantitative estimate of drug-likeness (QED) is 0.926. The molecule has 2 atom stereocenters. The highest BCUT2D eigenvalue weighted by molar-refractivity contribution is 5.21. The molecule has 0 aromatic heterocycles. The Hall–Kier alpha value is -1.71. The van der Waals surface area contributed by atoms with Crippen LogP contribution in [0.3, 0.4) is 0 Å². The van der Waals surface area contributed by atoms with E-state index in [0.717, 1.165) is 6.42 Å². The van der Waals surface area contributed by atoms with Gasteiger partial charge in [0.05, 0.1) is 12.7 Å². The molecule has 1 fully saturated rings. The van der Waals surface area contributed by atoms with Crippen LogP contribution < -0.4 is 5.32 Å². The minimum Gasteiger partial charge on any atom is -0.370 e. The summed E-state index contributed by atoms with van der Waals surface area (Å²) in [6.45, 7) is 1.26. The van der Waals surface area contributed by atoms with Crippen LogP contribution in [0.5, 0.6) is 0 Å². The molecule has 1 heterocycles. The number of benzene rings is 2. The Morgan fingerprint density at radius 1 is 1.05 bits per heavy atom. The molecule has 104 valence electrons. The third kappa shape index (κ3) is 3.06. The van der Waals surface area contributed by atoms with Gasteiger partial charge in [0.25, 0.3) is 0 Å². The molecule has 2 aromatic rings. The Balaban J connectivity index is 1.59. The minimum absolute atomic E-state index is 0.191. The lowest BCUT2D eigenvalue weighted by molar-refractivity contribution is 0.00120. The molecule has 1 aliphatic heterocycles. The van der Waals surface area contributed by atoms with Gasteiger partial charge >= 0.3 is 0 Å². The van der Waals surface area contributed by atoms with Crippen LogP contribution >= 0.6 is 0 Å². The summed E-state index contributed by atoms with van der Waals surface area (Å²) in [5.41, 5.74) is 1.93. The predicted molar refractivity (Wildman–Crippen MR) is 77.0 cm³/mol. The zero-order valence-electron chi connectivity index (χ0n) is 11.3. The molecular formula is C17H18FNO. The van der Waals surface area contributed by atoms with Crippen LogP contribution in [0.2, 0.25) is 0 Å². The predicted octanol–water partition coefficient (Wildman–Crippen LogP) is 3.10. The normalized spacial score (nSPS) is 22.6. The lowest BCUT2D eigenvalue weighted by atomic mass is 10.0. The van der Waals surface area contributed by atoms with Crippen LogP contribution in [0, 0.1) is 5.82 Å². The topological polar surface area (TPSA) is 21.3 Å². The smallest absolute Gasteiger partial charge is 0.129 e. The second-order valence-corrected chi connectivity index (χ2v) is 5.14. The largest absolute Gasteiger partial charge is 0.370 e. The van der Waals surface area contributed by atoms with Gasteiger partial charge in [-0.25, -0.2) is 4.39 Å². The van der Waals surface area contributed by atoms with Crippen molar-refractivity contribution in [3.63, 3.8) is 0 Å². The Morgan fingerprint density at radius 3 is 2.50 bits per heavy atom. The lowest BCUT2D eigenvalue weighted by Crippen LogP contribution is -2.44. The van der Waals surface area contributed by atoms with E-state index in [9.17, 15) is 4.39 Å². The highest BCUT2D eigenvalue weighted by Gasteiger charge is 2.24. The van der Waals surface area contributed by atoms with Crippen molar-refractivity contribution in [2.24, 2.45) is 0 Å². The van der Waals surface area contributed by atoms with Crippen molar-refractivity contribution >= 4 is 0 Å². The van der Waals surface area contributed by atoms with Gasteiger partial charge in [0, 0.05) is 18.2 Å². The van der Waals surface area contributed by atoms with E-state index in [1.807, 2.05) is 24.3 Å². The van der Waals surface area contributed by atoms with Crippen molar-refractivity contribution in [3.8, 4) is 0 Å². The van der Waals surface area contributed by atoms with E-state index in [-0.39, 0.29) is 11.9 Å². The van der Waals surface area contributed by atoms with Crippen molar-refractivity contribution in [3.05, 3.63) is 71.5 Å². The lowest BCUT2D eigenvalue weighted by Gasteiger charge is -2.31. The van der Waals surface area contributed by atoms with Gasteiger partial charge in [-0.2, -0.15) is 0 Å². The highest BCUT2D eigenvalue weighted by atomic mass is 19.1. The Kier molecular flexibility index (Phi) is 4.09. The molecular weight excluding hydrogens is 253 g/mol. The van der Waals surface area contributed by atoms with Gasteiger partial charge in [-0.1, -0.05) is 48.5 Å². The summed E-state index contributed by atoms with van der Waals surface area (Å²) in [7, 11) is 0. The average Bonchev–Trinajstić information content (AvgIpc) is 2.50. The summed E-state index contributed by atoms with van der Waals surface area (Å²) >= 11 is 0. The van der Waals surface area contributed by atoms with Crippen LogP contribution in [0.1, 0.15) is 17.2 Å². The molecule has 0 amide bonds. The fourth-order valence-corrected chi connectivity index (χ4v) is 2.59. The molecule has 3 rings (SSSR count). The SMILES string of the molecule is Fc1ccccc1C1CNC(Cc2ccccc2)CO1. The first-order valence-corrected chi connectivity index (χ1v) is 6.96. The molecule has 1 saturated heterocycles. The molecule has 2 aromatic carbocycles. The molecule has 1 N–H and O–H groups in total. The van der Waals surface area contributed by atoms with E-state index < -0.39 is 0 Å². The highest BCUT2D eigenvalue weighted by Crippen LogP contribution is 2.23. The van der Waals surface area contributed by atoms with Gasteiger partial charge < -0.3 is 10.1 Å². The monoisotopic (exact) mass is 271 g/mol. The number of rotatable bonds is 3. The molecule has 0 saturated carbocycles. The van der Waals surface area contributed by atoms with Crippen molar-refractivity contribution < 1.29 is 9.13 Å². The third-order valence-electron chi connectivity index (χ3n) is 3.67. The molecule has 2 nitrogen and oxygen atoms in total. The van der Waals surface area contributed by atoms with E-state index in [1.54, 1.807) is 12.1 Å². The fourth-order valence-electron chi connectivity index (χ4n) is 2.59. The summed E-state index contributed by atoms with van der Waals surface area (Å²) in [5.74, 6) is -0.194. The molecule has 3 heteroatoms. The van der Waals surface area contributed by atoms with Crippen LogP contribution in [0.25, 0.3) is 0 Å². The van der Waals surface area contributed by atoms with Gasteiger partial charge in [0.2, 0.25) is 0 Å². The fraction of sp³-hybridized carbons (Fsp3) is 0.294. The maximum absolute atomic E-state index is 13.7. The Labute approximate surface area is 118 Å². The first-order valence-electron chi connectivity index (χ1n) is 6.96. The Morgan fingerprint density at radius 2 is 1.80 bits per heavy atom. The van der Waals surface area contributed by atoms with Gasteiger partial charge in [0.1, 0.15) is 5.82 Å². The second kappa shape index (κ2) is 6.16. The average molecular weight is 271 g/mol. The molecule has 0 spiro atoms. The zero-order chi connectivity index (χ0) is 13.8. The third-order valence-corrected chi connectivity index (χ3v) is 3.67. The summed E-state index contributed by atoms with van der Waals surface area (Å²) in [6, 6.07) is 17.4. The van der Waals surface area contributed by atoms with Crippen molar-refractivity contribution in [1.29, 1.82) is 0 Å². The van der Waals surface area contributed by atoms with E-state index in [4.69, 9.17) is 4.74 Å². The van der Waals surface area contributed by atoms with Gasteiger partial charge in [0.15, 0.2) is 0 Å². The second-order valence-electron chi connectivity index (χ2n) is 5.14. The number of nitrogens with one attached hydrogen (secondary N) is 1. The van der Waals surface area contributed by atoms with Crippen LogP contribution in [0.4, 0.5) is 4.39 Å². The maximum Gasteiger partial charge on any atom is 0.129 e.